The Morgan fingerprint density at radius 2 is 1.61 bits per heavy atom. The van der Waals surface area contributed by atoms with Gasteiger partial charge in [-0.25, -0.2) is 19.9 Å². The maximum atomic E-state index is 6.03. The van der Waals surface area contributed by atoms with Crippen LogP contribution in [0, 0.1) is 6.92 Å². The highest BCUT2D eigenvalue weighted by molar-refractivity contribution is 6.29. The van der Waals surface area contributed by atoms with Crippen LogP contribution in [0.15, 0.2) is 18.5 Å². The van der Waals surface area contributed by atoms with E-state index in [1.807, 2.05) is 6.92 Å². The molecule has 94 valence electrons. The minimum absolute atomic E-state index is 0.0912. The van der Waals surface area contributed by atoms with E-state index in [1.165, 1.54) is 0 Å². The van der Waals surface area contributed by atoms with Crippen LogP contribution in [0.4, 0.5) is 0 Å². The molecule has 0 aromatic carbocycles. The molecule has 2 aromatic heterocycles. The molecule has 0 unspecified atom stereocenters. The summed E-state index contributed by atoms with van der Waals surface area (Å²) < 4.78 is 0. The molecule has 0 aliphatic carbocycles. The zero-order valence-corrected chi connectivity index (χ0v) is 11.7. The Balaban J connectivity index is 2.52. The van der Waals surface area contributed by atoms with Gasteiger partial charge in [-0.05, 0) is 18.6 Å². The summed E-state index contributed by atoms with van der Waals surface area (Å²) in [6.45, 7) is 8.16. The van der Waals surface area contributed by atoms with Crippen molar-refractivity contribution in [2.24, 2.45) is 0 Å². The minimum atomic E-state index is -0.0912. The molecule has 0 aliphatic heterocycles. The second-order valence-electron chi connectivity index (χ2n) is 5.23. The van der Waals surface area contributed by atoms with Gasteiger partial charge in [-0.15, -0.1) is 0 Å². The first-order chi connectivity index (χ1) is 8.36. The molecule has 0 amide bonds. The van der Waals surface area contributed by atoms with Gasteiger partial charge >= 0.3 is 0 Å². The fourth-order valence-electron chi connectivity index (χ4n) is 1.41. The summed E-state index contributed by atoms with van der Waals surface area (Å²) >= 11 is 6.03. The van der Waals surface area contributed by atoms with Crippen molar-refractivity contribution in [2.45, 2.75) is 33.1 Å². The highest BCUT2D eigenvalue weighted by Gasteiger charge is 2.18. The Kier molecular flexibility index (Phi) is 3.30. The SMILES string of the molecule is Cc1cnc(-c2nc(Cl)cc(C(C)(C)C)n2)nc1. The van der Waals surface area contributed by atoms with E-state index >= 15 is 0 Å². The summed E-state index contributed by atoms with van der Waals surface area (Å²) in [5, 5.41) is 0.411. The van der Waals surface area contributed by atoms with Crippen molar-refractivity contribution < 1.29 is 0 Å². The van der Waals surface area contributed by atoms with Gasteiger partial charge in [-0.3, -0.25) is 0 Å². The van der Waals surface area contributed by atoms with Crippen molar-refractivity contribution in [1.82, 2.24) is 19.9 Å². The van der Waals surface area contributed by atoms with Gasteiger partial charge < -0.3 is 0 Å². The van der Waals surface area contributed by atoms with E-state index in [0.717, 1.165) is 11.3 Å². The van der Waals surface area contributed by atoms with E-state index < -0.39 is 0 Å². The van der Waals surface area contributed by atoms with Crippen LogP contribution < -0.4 is 0 Å². The van der Waals surface area contributed by atoms with Gasteiger partial charge in [0.1, 0.15) is 5.15 Å². The van der Waals surface area contributed by atoms with Gasteiger partial charge in [-0.1, -0.05) is 32.4 Å². The Bertz CT molecular complexity index is 558. The van der Waals surface area contributed by atoms with Crippen LogP contribution in [0.5, 0.6) is 0 Å². The Hall–Kier alpha value is -1.55. The lowest BCUT2D eigenvalue weighted by atomic mass is 9.92. The first-order valence-electron chi connectivity index (χ1n) is 5.70. The topological polar surface area (TPSA) is 51.6 Å². The van der Waals surface area contributed by atoms with Crippen LogP contribution in [0.1, 0.15) is 32.0 Å². The summed E-state index contributed by atoms with van der Waals surface area (Å²) in [5.41, 5.74) is 1.78. The Labute approximate surface area is 111 Å². The molecule has 0 spiro atoms. The third kappa shape index (κ3) is 2.82. The van der Waals surface area contributed by atoms with Gasteiger partial charge in [-0.2, -0.15) is 0 Å². The van der Waals surface area contributed by atoms with Crippen molar-refractivity contribution >= 4 is 11.6 Å². The Morgan fingerprint density at radius 1 is 1.00 bits per heavy atom. The Morgan fingerprint density at radius 3 is 2.17 bits per heavy atom. The maximum Gasteiger partial charge on any atom is 0.199 e. The highest BCUT2D eigenvalue weighted by Crippen LogP contribution is 2.24. The van der Waals surface area contributed by atoms with Crippen molar-refractivity contribution in [2.75, 3.05) is 0 Å². The molecule has 2 heterocycles. The molecule has 0 radical (unpaired) electrons. The highest BCUT2D eigenvalue weighted by atomic mass is 35.5. The molecular weight excluding hydrogens is 248 g/mol. The van der Waals surface area contributed by atoms with Gasteiger partial charge in [0.15, 0.2) is 11.6 Å². The van der Waals surface area contributed by atoms with Crippen LogP contribution in [0.25, 0.3) is 11.6 Å². The van der Waals surface area contributed by atoms with Gasteiger partial charge in [0, 0.05) is 17.8 Å². The molecule has 4 nitrogen and oxygen atoms in total. The monoisotopic (exact) mass is 262 g/mol. The normalized spacial score (nSPS) is 11.6. The van der Waals surface area contributed by atoms with Gasteiger partial charge in [0.25, 0.3) is 0 Å². The predicted molar refractivity (Wildman–Crippen MR) is 71.5 cm³/mol. The van der Waals surface area contributed by atoms with E-state index in [-0.39, 0.29) is 5.41 Å². The van der Waals surface area contributed by atoms with Crippen LogP contribution in [-0.2, 0) is 5.41 Å². The second kappa shape index (κ2) is 4.61. The summed E-state index contributed by atoms with van der Waals surface area (Å²) in [4.78, 5) is 17.1. The third-order valence-corrected chi connectivity index (χ3v) is 2.64. The summed E-state index contributed by atoms with van der Waals surface area (Å²) in [5.74, 6) is 0.959. The molecule has 5 heteroatoms. The quantitative estimate of drug-likeness (QED) is 0.741. The first kappa shape index (κ1) is 12.9. The van der Waals surface area contributed by atoms with E-state index in [4.69, 9.17) is 11.6 Å². The van der Waals surface area contributed by atoms with E-state index in [2.05, 4.69) is 40.7 Å². The van der Waals surface area contributed by atoms with E-state index in [0.29, 0.717) is 16.8 Å². The van der Waals surface area contributed by atoms with Crippen molar-refractivity contribution in [3.05, 3.63) is 34.9 Å². The van der Waals surface area contributed by atoms with Crippen LogP contribution in [0.2, 0.25) is 5.15 Å². The van der Waals surface area contributed by atoms with Crippen LogP contribution >= 0.6 is 11.6 Å². The molecule has 0 N–H and O–H groups in total. The molecule has 0 atom stereocenters. The molecule has 2 aromatic rings. The van der Waals surface area contributed by atoms with Gasteiger partial charge in [0.2, 0.25) is 0 Å². The molecule has 2 rings (SSSR count). The van der Waals surface area contributed by atoms with E-state index in [9.17, 15) is 0 Å². The predicted octanol–water partition coefficient (Wildman–Crippen LogP) is 3.19. The van der Waals surface area contributed by atoms with Crippen LogP contribution in [-0.4, -0.2) is 19.9 Å². The first-order valence-corrected chi connectivity index (χ1v) is 6.08. The largest absolute Gasteiger partial charge is 0.234 e. The summed E-state index contributed by atoms with van der Waals surface area (Å²) in [6.07, 6.45) is 3.48. The second-order valence-corrected chi connectivity index (χ2v) is 5.62. The van der Waals surface area contributed by atoms with Crippen LogP contribution in [0.3, 0.4) is 0 Å². The smallest absolute Gasteiger partial charge is 0.199 e. The number of nitrogens with zero attached hydrogens (tertiary/aromatic N) is 4. The number of halogens is 1. The van der Waals surface area contributed by atoms with Crippen molar-refractivity contribution in [3.63, 3.8) is 0 Å². The molecule has 0 saturated carbocycles. The molecule has 18 heavy (non-hydrogen) atoms. The van der Waals surface area contributed by atoms with Gasteiger partial charge in [0.05, 0.1) is 5.69 Å². The average Bonchev–Trinajstić information content (AvgIpc) is 2.28. The zero-order valence-electron chi connectivity index (χ0n) is 10.9. The average molecular weight is 263 g/mol. The molecule has 0 aliphatic rings. The lowest BCUT2D eigenvalue weighted by Gasteiger charge is -2.18. The van der Waals surface area contributed by atoms with Crippen molar-refractivity contribution in [3.8, 4) is 11.6 Å². The summed E-state index contributed by atoms with van der Waals surface area (Å²) in [7, 11) is 0. The molecule has 0 fully saturated rings. The number of rotatable bonds is 1. The lowest BCUT2D eigenvalue weighted by molar-refractivity contribution is 0.567. The fourth-order valence-corrected chi connectivity index (χ4v) is 1.59. The number of aryl methyl sites for hydroxylation is 1. The standard InChI is InChI=1S/C13H15ClN4/c1-8-6-15-11(16-7-8)12-17-9(13(2,3)4)5-10(14)18-12/h5-7H,1-4H3. The number of aromatic nitrogens is 4. The zero-order chi connectivity index (χ0) is 13.3. The number of hydrogen-bond acceptors (Lipinski definition) is 4. The van der Waals surface area contributed by atoms with Crippen molar-refractivity contribution in [1.29, 1.82) is 0 Å². The third-order valence-electron chi connectivity index (χ3n) is 2.44. The summed E-state index contributed by atoms with van der Waals surface area (Å²) in [6, 6.07) is 1.78. The molecule has 0 bridgehead atoms. The molecular formula is C13H15ClN4. The maximum absolute atomic E-state index is 6.03. The number of hydrogen-bond donors (Lipinski definition) is 0. The lowest BCUT2D eigenvalue weighted by Crippen LogP contribution is -2.15. The molecule has 0 saturated heterocycles. The minimum Gasteiger partial charge on any atom is -0.234 e. The fraction of sp³-hybridized carbons (Fsp3) is 0.385. The van der Waals surface area contributed by atoms with E-state index in [1.54, 1.807) is 18.5 Å².